The third-order valence-electron chi connectivity index (χ3n) is 6.52. The Morgan fingerprint density at radius 3 is 2.40 bits per heavy atom. The third kappa shape index (κ3) is 4.86. The minimum atomic E-state index is 0. The zero-order chi connectivity index (χ0) is 20.4. The average molecular weight is 432 g/mol. The Morgan fingerprint density at radius 2 is 1.73 bits per heavy atom. The van der Waals surface area contributed by atoms with Crippen molar-refractivity contribution in [3.05, 3.63) is 47.0 Å². The SMILES string of the molecule is CC(C)c1ccc(C(C)CC(=O)N2CCC(c3nnc4n3CCNC4)CC2)cc1.Cl. The van der Waals surface area contributed by atoms with Gasteiger partial charge >= 0.3 is 0 Å². The Bertz CT molecular complexity index is 840. The number of piperidine rings is 1. The molecule has 6 nitrogen and oxygen atoms in total. The number of carbonyl (C=O) groups is 1. The lowest BCUT2D eigenvalue weighted by atomic mass is 9.92. The summed E-state index contributed by atoms with van der Waals surface area (Å²) in [5.74, 6) is 3.64. The summed E-state index contributed by atoms with van der Waals surface area (Å²) < 4.78 is 2.28. The summed E-state index contributed by atoms with van der Waals surface area (Å²) in [5.41, 5.74) is 2.60. The fourth-order valence-electron chi connectivity index (χ4n) is 4.52. The van der Waals surface area contributed by atoms with Crippen molar-refractivity contribution in [2.45, 2.75) is 70.9 Å². The van der Waals surface area contributed by atoms with Crippen LogP contribution in [0.15, 0.2) is 24.3 Å². The number of carbonyl (C=O) groups excluding carboxylic acids is 1. The molecule has 0 spiro atoms. The normalized spacial score (nSPS) is 18.1. The number of fused-ring (bicyclic) bond motifs is 1. The van der Waals surface area contributed by atoms with Crippen molar-refractivity contribution in [3.63, 3.8) is 0 Å². The summed E-state index contributed by atoms with van der Waals surface area (Å²) in [7, 11) is 0. The van der Waals surface area contributed by atoms with Crippen molar-refractivity contribution >= 4 is 18.3 Å². The van der Waals surface area contributed by atoms with Crippen LogP contribution in [-0.2, 0) is 17.9 Å². The average Bonchev–Trinajstić information content (AvgIpc) is 3.18. The Kier molecular flexibility index (Phi) is 7.53. The van der Waals surface area contributed by atoms with E-state index in [-0.39, 0.29) is 24.2 Å². The Hall–Kier alpha value is -1.92. The Morgan fingerprint density at radius 1 is 1.07 bits per heavy atom. The van der Waals surface area contributed by atoms with E-state index in [9.17, 15) is 4.79 Å². The van der Waals surface area contributed by atoms with Crippen LogP contribution in [0, 0.1) is 0 Å². The van der Waals surface area contributed by atoms with E-state index in [2.05, 4.69) is 65.1 Å². The number of aromatic nitrogens is 3. The van der Waals surface area contributed by atoms with Gasteiger partial charge in [0.25, 0.3) is 0 Å². The molecule has 0 bridgehead atoms. The molecule has 3 heterocycles. The molecule has 1 atom stereocenters. The largest absolute Gasteiger partial charge is 0.343 e. The molecule has 1 amide bonds. The van der Waals surface area contributed by atoms with E-state index in [1.54, 1.807) is 0 Å². The van der Waals surface area contributed by atoms with Crippen molar-refractivity contribution in [3.8, 4) is 0 Å². The molecule has 1 aromatic carbocycles. The molecule has 1 N–H and O–H groups in total. The van der Waals surface area contributed by atoms with Gasteiger partial charge in [0.15, 0.2) is 0 Å². The summed E-state index contributed by atoms with van der Waals surface area (Å²) in [6.07, 6.45) is 2.54. The van der Waals surface area contributed by atoms with Crippen LogP contribution in [0.2, 0.25) is 0 Å². The first-order chi connectivity index (χ1) is 14.0. The molecule has 1 aromatic heterocycles. The van der Waals surface area contributed by atoms with E-state index in [1.165, 1.54) is 11.1 Å². The molecular weight excluding hydrogens is 398 g/mol. The number of nitrogens with zero attached hydrogens (tertiary/aromatic N) is 4. The number of nitrogens with one attached hydrogen (secondary N) is 1. The fraction of sp³-hybridized carbons (Fsp3) is 0.609. The van der Waals surface area contributed by atoms with Gasteiger partial charge in [-0.15, -0.1) is 22.6 Å². The molecule has 1 fully saturated rings. The van der Waals surface area contributed by atoms with Crippen LogP contribution in [0.25, 0.3) is 0 Å². The summed E-state index contributed by atoms with van der Waals surface area (Å²) >= 11 is 0. The summed E-state index contributed by atoms with van der Waals surface area (Å²) in [4.78, 5) is 14.9. The predicted octanol–water partition coefficient (Wildman–Crippen LogP) is 3.83. The fourth-order valence-corrected chi connectivity index (χ4v) is 4.52. The predicted molar refractivity (Wildman–Crippen MR) is 121 cm³/mol. The van der Waals surface area contributed by atoms with Crippen molar-refractivity contribution in [2.24, 2.45) is 0 Å². The van der Waals surface area contributed by atoms with Crippen LogP contribution in [0.1, 0.15) is 80.6 Å². The highest BCUT2D eigenvalue weighted by atomic mass is 35.5. The molecule has 0 aliphatic carbocycles. The summed E-state index contributed by atoms with van der Waals surface area (Å²) in [6.45, 7) is 10.9. The third-order valence-corrected chi connectivity index (χ3v) is 6.52. The van der Waals surface area contributed by atoms with Gasteiger partial charge in [-0.25, -0.2) is 0 Å². The molecule has 1 saturated heterocycles. The van der Waals surface area contributed by atoms with E-state index in [0.717, 1.165) is 57.2 Å². The van der Waals surface area contributed by atoms with Crippen LogP contribution < -0.4 is 5.32 Å². The molecule has 2 aliphatic rings. The van der Waals surface area contributed by atoms with Crippen LogP contribution in [0.4, 0.5) is 0 Å². The van der Waals surface area contributed by atoms with E-state index >= 15 is 0 Å². The highest BCUT2D eigenvalue weighted by molar-refractivity contribution is 5.85. The Balaban J connectivity index is 0.00000256. The first-order valence-electron chi connectivity index (χ1n) is 11.0. The number of amides is 1. The lowest BCUT2D eigenvalue weighted by Crippen LogP contribution is -2.39. The molecular formula is C23H34ClN5O. The van der Waals surface area contributed by atoms with Gasteiger partial charge < -0.3 is 14.8 Å². The number of benzene rings is 1. The van der Waals surface area contributed by atoms with Crippen LogP contribution in [-0.4, -0.2) is 45.2 Å². The molecule has 4 rings (SSSR count). The highest BCUT2D eigenvalue weighted by Gasteiger charge is 2.29. The van der Waals surface area contributed by atoms with Gasteiger partial charge in [-0.2, -0.15) is 0 Å². The molecule has 164 valence electrons. The smallest absolute Gasteiger partial charge is 0.223 e. The molecule has 1 unspecified atom stereocenters. The maximum Gasteiger partial charge on any atom is 0.223 e. The zero-order valence-electron chi connectivity index (χ0n) is 18.3. The number of likely N-dealkylation sites (tertiary alicyclic amines) is 1. The second kappa shape index (κ2) is 9.92. The van der Waals surface area contributed by atoms with Gasteiger partial charge in [-0.05, 0) is 35.8 Å². The minimum absolute atomic E-state index is 0. The van der Waals surface area contributed by atoms with Gasteiger partial charge in [-0.1, -0.05) is 45.0 Å². The van der Waals surface area contributed by atoms with Crippen LogP contribution in [0.5, 0.6) is 0 Å². The highest BCUT2D eigenvalue weighted by Crippen LogP contribution is 2.29. The standard InChI is InChI=1S/C23H33N5O.ClH/c1-16(2)18-4-6-19(7-5-18)17(3)14-22(29)27-11-8-20(9-12-27)23-26-25-21-15-24-10-13-28(21)23;/h4-7,16-17,20,24H,8-15H2,1-3H3;1H. The minimum Gasteiger partial charge on any atom is -0.343 e. The lowest BCUT2D eigenvalue weighted by Gasteiger charge is -2.32. The summed E-state index contributed by atoms with van der Waals surface area (Å²) in [6, 6.07) is 8.76. The maximum absolute atomic E-state index is 12.9. The number of hydrogen-bond acceptors (Lipinski definition) is 4. The van der Waals surface area contributed by atoms with Crippen molar-refractivity contribution < 1.29 is 4.79 Å². The van der Waals surface area contributed by atoms with Crippen LogP contribution >= 0.6 is 12.4 Å². The maximum atomic E-state index is 12.9. The van der Waals surface area contributed by atoms with Crippen molar-refractivity contribution in [2.75, 3.05) is 19.6 Å². The number of halogens is 1. The van der Waals surface area contributed by atoms with Gasteiger partial charge in [-0.3, -0.25) is 4.79 Å². The topological polar surface area (TPSA) is 63.1 Å². The molecule has 0 radical (unpaired) electrons. The van der Waals surface area contributed by atoms with Crippen molar-refractivity contribution in [1.82, 2.24) is 25.0 Å². The molecule has 7 heteroatoms. The second-order valence-corrected chi connectivity index (χ2v) is 8.88. The van der Waals surface area contributed by atoms with E-state index in [0.29, 0.717) is 18.3 Å². The second-order valence-electron chi connectivity index (χ2n) is 8.88. The quantitative estimate of drug-likeness (QED) is 0.781. The van der Waals surface area contributed by atoms with Gasteiger partial charge in [0.2, 0.25) is 5.91 Å². The molecule has 2 aromatic rings. The van der Waals surface area contributed by atoms with Gasteiger partial charge in [0.1, 0.15) is 11.6 Å². The van der Waals surface area contributed by atoms with E-state index < -0.39 is 0 Å². The number of hydrogen-bond donors (Lipinski definition) is 1. The summed E-state index contributed by atoms with van der Waals surface area (Å²) in [5, 5.41) is 12.2. The van der Waals surface area contributed by atoms with Gasteiger partial charge in [0.05, 0.1) is 6.54 Å². The zero-order valence-corrected chi connectivity index (χ0v) is 19.1. The Labute approximate surface area is 185 Å². The van der Waals surface area contributed by atoms with E-state index in [1.807, 2.05) is 4.90 Å². The lowest BCUT2D eigenvalue weighted by molar-refractivity contribution is -0.132. The number of rotatable bonds is 5. The van der Waals surface area contributed by atoms with E-state index in [4.69, 9.17) is 0 Å². The van der Waals surface area contributed by atoms with Crippen molar-refractivity contribution in [1.29, 1.82) is 0 Å². The first-order valence-corrected chi connectivity index (χ1v) is 11.0. The van der Waals surface area contributed by atoms with Gasteiger partial charge in [0, 0.05) is 38.5 Å². The molecule has 0 saturated carbocycles. The first kappa shape index (κ1) is 22.8. The molecule has 2 aliphatic heterocycles. The molecule has 30 heavy (non-hydrogen) atoms. The monoisotopic (exact) mass is 431 g/mol. The van der Waals surface area contributed by atoms with Crippen LogP contribution in [0.3, 0.4) is 0 Å².